The lowest BCUT2D eigenvalue weighted by Gasteiger charge is -2.16. The first kappa shape index (κ1) is 27.4. The highest BCUT2D eigenvalue weighted by Gasteiger charge is 2.11. The van der Waals surface area contributed by atoms with Gasteiger partial charge >= 0.3 is 23.8 Å². The van der Waals surface area contributed by atoms with E-state index in [0.717, 1.165) is 12.4 Å². The summed E-state index contributed by atoms with van der Waals surface area (Å²) >= 11 is 0. The Morgan fingerprint density at radius 3 is 1.64 bits per heavy atom. The second-order valence-electron chi connectivity index (χ2n) is 7.13. The summed E-state index contributed by atoms with van der Waals surface area (Å²) in [6, 6.07) is 4.01. The normalized spacial score (nSPS) is 11.2. The molecule has 17 heteroatoms. The predicted molar refractivity (Wildman–Crippen MR) is 126 cm³/mol. The molecule has 2 aromatic rings. The third-order valence-corrected chi connectivity index (χ3v) is 4.31. The molecule has 4 N–H and O–H groups in total. The fraction of sp³-hybridized carbons (Fsp3) is 0.368. The molecule has 4 amide bonds. The van der Waals surface area contributed by atoms with Crippen LogP contribution in [0.25, 0.3) is 0 Å². The summed E-state index contributed by atoms with van der Waals surface area (Å²) in [6.07, 6.45) is 3.64. The summed E-state index contributed by atoms with van der Waals surface area (Å²) in [5.41, 5.74) is 4.45. The van der Waals surface area contributed by atoms with Gasteiger partial charge in [-0.3, -0.25) is 20.2 Å². The Bertz CT molecular complexity index is 1010. The van der Waals surface area contributed by atoms with Gasteiger partial charge in [0.05, 0.1) is 24.6 Å². The second kappa shape index (κ2) is 14.5. The van der Waals surface area contributed by atoms with Crippen molar-refractivity contribution in [1.82, 2.24) is 26.4 Å². The first-order chi connectivity index (χ1) is 17.2. The molecule has 0 atom stereocenters. The number of carbonyl (C=O) groups excluding carboxylic acids is 2. The van der Waals surface area contributed by atoms with Crippen molar-refractivity contribution in [1.29, 1.82) is 0 Å². The zero-order valence-corrected chi connectivity index (χ0v) is 19.2. The Kier molecular flexibility index (Phi) is 11.0. The zero-order valence-electron chi connectivity index (χ0n) is 19.2. The number of nitro groups is 2. The van der Waals surface area contributed by atoms with Gasteiger partial charge in [0.1, 0.15) is 9.85 Å². The number of furan rings is 2. The molecule has 0 spiro atoms. The molecule has 0 unspecified atom stereocenters. The van der Waals surface area contributed by atoms with E-state index in [4.69, 9.17) is 8.83 Å². The van der Waals surface area contributed by atoms with Crippen molar-refractivity contribution in [2.24, 2.45) is 10.2 Å². The van der Waals surface area contributed by atoms with Crippen molar-refractivity contribution >= 4 is 36.3 Å². The third kappa shape index (κ3) is 10.4. The number of nitrogens with zero attached hydrogens (tertiary/aromatic N) is 5. The smallest absolute Gasteiger partial charge is 0.400 e. The standard InChI is InChI=1S/C19H25N9O8/c1-26(10-2-8-20-18(29)24-22-12-14-4-6-16(35-14)27(31)32)11-3-9-21-19(30)25-23-13-15-5-7-17(36-15)28(33)34/h4-7,12-13H,2-3,8-11H2,1H3,(H2,20,24,29)(H2,21,25,30). The van der Waals surface area contributed by atoms with Crippen molar-refractivity contribution in [2.45, 2.75) is 12.8 Å². The zero-order chi connectivity index (χ0) is 26.3. The molecule has 0 aromatic carbocycles. The van der Waals surface area contributed by atoms with Crippen LogP contribution in [-0.2, 0) is 0 Å². The van der Waals surface area contributed by atoms with Crippen LogP contribution in [0.4, 0.5) is 21.4 Å². The summed E-state index contributed by atoms with van der Waals surface area (Å²) < 4.78 is 9.73. The van der Waals surface area contributed by atoms with Gasteiger partial charge in [0.25, 0.3) is 0 Å². The Morgan fingerprint density at radius 1 is 0.861 bits per heavy atom. The van der Waals surface area contributed by atoms with Crippen LogP contribution in [0.1, 0.15) is 24.4 Å². The van der Waals surface area contributed by atoms with E-state index in [1.54, 1.807) is 0 Å². The van der Waals surface area contributed by atoms with Gasteiger partial charge in [-0.15, -0.1) is 0 Å². The van der Waals surface area contributed by atoms with E-state index in [-0.39, 0.29) is 11.5 Å². The highest BCUT2D eigenvalue weighted by molar-refractivity contribution is 5.80. The topological polar surface area (TPSA) is 223 Å². The number of urea groups is 2. The summed E-state index contributed by atoms with van der Waals surface area (Å²) in [4.78, 5) is 45.1. The van der Waals surface area contributed by atoms with Gasteiger partial charge in [0.2, 0.25) is 0 Å². The molecular weight excluding hydrogens is 482 g/mol. The number of nitrogens with one attached hydrogen (secondary N) is 4. The van der Waals surface area contributed by atoms with Gasteiger partial charge in [-0.05, 0) is 45.1 Å². The van der Waals surface area contributed by atoms with Crippen molar-refractivity contribution in [3.63, 3.8) is 0 Å². The third-order valence-electron chi connectivity index (χ3n) is 4.31. The number of amides is 4. The monoisotopic (exact) mass is 507 g/mol. The minimum Gasteiger partial charge on any atom is -0.400 e. The van der Waals surface area contributed by atoms with Crippen LogP contribution in [0.15, 0.2) is 43.3 Å². The summed E-state index contributed by atoms with van der Waals surface area (Å²) in [7, 11) is 1.90. The molecule has 0 bridgehead atoms. The van der Waals surface area contributed by atoms with Gasteiger partial charge in [0, 0.05) is 13.1 Å². The van der Waals surface area contributed by atoms with Crippen molar-refractivity contribution in [2.75, 3.05) is 33.2 Å². The van der Waals surface area contributed by atoms with E-state index in [2.05, 4.69) is 31.7 Å². The molecule has 0 radical (unpaired) electrons. The van der Waals surface area contributed by atoms with E-state index >= 15 is 0 Å². The number of rotatable bonds is 14. The molecular formula is C19H25N9O8. The van der Waals surface area contributed by atoms with Crippen LogP contribution < -0.4 is 21.5 Å². The van der Waals surface area contributed by atoms with Crippen LogP contribution in [0.3, 0.4) is 0 Å². The Hall–Kier alpha value is -4.80. The van der Waals surface area contributed by atoms with Crippen molar-refractivity contribution < 1.29 is 28.3 Å². The maximum absolute atomic E-state index is 11.7. The highest BCUT2D eigenvalue weighted by atomic mass is 16.7. The predicted octanol–water partition coefficient (Wildman–Crippen LogP) is 1.37. The molecule has 2 aromatic heterocycles. The number of hydrogen-bond donors (Lipinski definition) is 4. The van der Waals surface area contributed by atoms with Crippen molar-refractivity contribution in [3.8, 4) is 0 Å². The molecule has 2 rings (SSSR count). The Labute approximate surface area is 203 Å². The summed E-state index contributed by atoms with van der Waals surface area (Å²) in [5.74, 6) is -0.581. The molecule has 0 saturated carbocycles. The number of hydrogen-bond acceptors (Lipinski definition) is 11. The summed E-state index contributed by atoms with van der Waals surface area (Å²) in [5, 5.41) is 33.6. The quantitative estimate of drug-likeness (QED) is 0.125. The first-order valence-corrected chi connectivity index (χ1v) is 10.6. The molecule has 0 aliphatic heterocycles. The SMILES string of the molecule is CN(CCCNC(=O)NN=Cc1ccc([N+](=O)[O-])o1)CCCNC(=O)NN=Cc1ccc([N+](=O)[O-])o1. The molecule has 0 saturated heterocycles. The Balaban J connectivity index is 1.48. The minimum atomic E-state index is -0.679. The molecule has 36 heavy (non-hydrogen) atoms. The van der Waals surface area contributed by atoms with Gasteiger partial charge in [-0.1, -0.05) is 0 Å². The molecule has 194 valence electrons. The largest absolute Gasteiger partial charge is 0.433 e. The minimum absolute atomic E-state index is 0.130. The molecule has 0 fully saturated rings. The van der Waals surface area contributed by atoms with E-state index in [9.17, 15) is 29.8 Å². The lowest BCUT2D eigenvalue weighted by atomic mass is 10.3. The van der Waals surface area contributed by atoms with Crippen LogP contribution in [0.5, 0.6) is 0 Å². The molecule has 0 aliphatic carbocycles. The van der Waals surface area contributed by atoms with Gasteiger partial charge in [-0.25, -0.2) is 20.4 Å². The van der Waals surface area contributed by atoms with E-state index < -0.39 is 33.7 Å². The van der Waals surface area contributed by atoms with E-state index in [0.29, 0.717) is 39.0 Å². The first-order valence-electron chi connectivity index (χ1n) is 10.6. The van der Waals surface area contributed by atoms with Gasteiger partial charge in [-0.2, -0.15) is 10.2 Å². The molecule has 2 heterocycles. The lowest BCUT2D eigenvalue weighted by molar-refractivity contribution is -0.402. The molecule has 17 nitrogen and oxygen atoms in total. The Morgan fingerprint density at radius 2 is 1.28 bits per heavy atom. The fourth-order valence-corrected chi connectivity index (χ4v) is 2.62. The maximum Gasteiger partial charge on any atom is 0.433 e. The maximum atomic E-state index is 11.7. The highest BCUT2D eigenvalue weighted by Crippen LogP contribution is 2.14. The fourth-order valence-electron chi connectivity index (χ4n) is 2.62. The van der Waals surface area contributed by atoms with E-state index in [1.807, 2.05) is 11.9 Å². The lowest BCUT2D eigenvalue weighted by Crippen LogP contribution is -2.35. The number of carbonyl (C=O) groups is 2. The van der Waals surface area contributed by atoms with Gasteiger partial charge < -0.3 is 24.4 Å². The average Bonchev–Trinajstić information content (AvgIpc) is 3.50. The van der Waals surface area contributed by atoms with Gasteiger partial charge in [0.15, 0.2) is 11.5 Å². The second-order valence-corrected chi connectivity index (χ2v) is 7.13. The van der Waals surface area contributed by atoms with E-state index in [1.165, 1.54) is 24.3 Å². The average molecular weight is 507 g/mol. The summed E-state index contributed by atoms with van der Waals surface area (Å²) in [6.45, 7) is 2.20. The van der Waals surface area contributed by atoms with Crippen LogP contribution in [0.2, 0.25) is 0 Å². The van der Waals surface area contributed by atoms with Crippen LogP contribution in [-0.4, -0.2) is 72.5 Å². The van der Waals surface area contributed by atoms with Crippen molar-refractivity contribution in [3.05, 3.63) is 56.0 Å². The van der Waals surface area contributed by atoms with Crippen LogP contribution >= 0.6 is 0 Å². The van der Waals surface area contributed by atoms with Crippen LogP contribution in [0, 0.1) is 20.2 Å². The number of hydrazone groups is 2. The molecule has 0 aliphatic rings.